The van der Waals surface area contributed by atoms with Crippen molar-refractivity contribution in [3.8, 4) is 11.3 Å². The van der Waals surface area contributed by atoms with Gasteiger partial charge in [-0.25, -0.2) is 0 Å². The average Bonchev–Trinajstić information content (AvgIpc) is 3.16. The smallest absolute Gasteiger partial charge is 0.293 e. The van der Waals surface area contributed by atoms with Crippen molar-refractivity contribution in [2.75, 3.05) is 0 Å². The lowest BCUT2D eigenvalue weighted by Crippen LogP contribution is -2.61. The largest absolute Gasteiger partial charge is 0.451 e. The molecule has 2 aromatic rings. The number of nitro groups is 1. The first-order valence-electron chi connectivity index (χ1n) is 10.4. The third-order valence-electron chi connectivity index (χ3n) is 6.84. The highest BCUT2D eigenvalue weighted by molar-refractivity contribution is 7.80. The minimum atomic E-state index is -0.470. The van der Waals surface area contributed by atoms with E-state index in [2.05, 4.69) is 10.6 Å². The van der Waals surface area contributed by atoms with E-state index in [1.165, 1.54) is 31.4 Å². The van der Waals surface area contributed by atoms with Crippen LogP contribution >= 0.6 is 12.2 Å². The van der Waals surface area contributed by atoms with Crippen molar-refractivity contribution in [1.29, 1.82) is 0 Å². The summed E-state index contributed by atoms with van der Waals surface area (Å²) in [6, 6.07) is 9.35. The first kappa shape index (κ1) is 19.2. The Balaban J connectivity index is 1.27. The van der Waals surface area contributed by atoms with Gasteiger partial charge in [0.2, 0.25) is 0 Å². The van der Waals surface area contributed by atoms with Crippen molar-refractivity contribution in [2.45, 2.75) is 44.1 Å². The molecule has 4 aliphatic carbocycles. The van der Waals surface area contributed by atoms with Crippen LogP contribution in [0, 0.1) is 27.9 Å². The average molecular weight is 426 g/mol. The number of benzene rings is 1. The molecule has 4 fully saturated rings. The summed E-state index contributed by atoms with van der Waals surface area (Å²) in [6.45, 7) is 0. The molecule has 0 radical (unpaired) electrons. The van der Waals surface area contributed by atoms with Gasteiger partial charge in [0.15, 0.2) is 10.9 Å². The summed E-state index contributed by atoms with van der Waals surface area (Å²) in [5.74, 6) is 2.21. The van der Waals surface area contributed by atoms with Crippen LogP contribution < -0.4 is 10.6 Å². The summed E-state index contributed by atoms with van der Waals surface area (Å²) in [5.41, 5.74) is 0.270. The maximum atomic E-state index is 12.6. The van der Waals surface area contributed by atoms with Crippen molar-refractivity contribution in [1.82, 2.24) is 10.6 Å². The van der Waals surface area contributed by atoms with Gasteiger partial charge in [-0.2, -0.15) is 0 Å². The summed E-state index contributed by atoms with van der Waals surface area (Å²) in [6.07, 6.45) is 7.37. The number of furan rings is 1. The molecule has 1 amide bonds. The zero-order chi connectivity index (χ0) is 20.9. The molecule has 1 heterocycles. The van der Waals surface area contributed by atoms with Gasteiger partial charge in [0.1, 0.15) is 5.76 Å². The second-order valence-corrected chi connectivity index (χ2v) is 9.45. The van der Waals surface area contributed by atoms with Crippen LogP contribution in [0.15, 0.2) is 40.8 Å². The van der Waals surface area contributed by atoms with E-state index in [-0.39, 0.29) is 22.7 Å². The van der Waals surface area contributed by atoms with E-state index >= 15 is 0 Å². The molecule has 1 aromatic heterocycles. The van der Waals surface area contributed by atoms with Crippen LogP contribution in [-0.2, 0) is 0 Å². The minimum absolute atomic E-state index is 0.0120. The van der Waals surface area contributed by atoms with Crippen LogP contribution in [0.2, 0.25) is 0 Å². The molecule has 1 aromatic carbocycles. The van der Waals surface area contributed by atoms with Crippen LogP contribution in [0.3, 0.4) is 0 Å². The fraction of sp³-hybridized carbons (Fsp3) is 0.455. The van der Waals surface area contributed by atoms with Gasteiger partial charge in [0, 0.05) is 11.6 Å². The van der Waals surface area contributed by atoms with Gasteiger partial charge < -0.3 is 9.73 Å². The number of rotatable bonds is 4. The molecule has 0 saturated heterocycles. The molecule has 0 unspecified atom stereocenters. The van der Waals surface area contributed by atoms with Crippen LogP contribution in [0.4, 0.5) is 5.69 Å². The molecule has 0 aliphatic heterocycles. The van der Waals surface area contributed by atoms with Gasteiger partial charge in [-0.05, 0) is 86.7 Å². The van der Waals surface area contributed by atoms with Crippen LogP contribution in [0.1, 0.15) is 49.1 Å². The lowest BCUT2D eigenvalue weighted by atomic mass is 9.53. The highest BCUT2D eigenvalue weighted by Gasteiger charge is 2.51. The van der Waals surface area contributed by atoms with Crippen LogP contribution in [0.5, 0.6) is 0 Å². The topological polar surface area (TPSA) is 97.4 Å². The van der Waals surface area contributed by atoms with Crippen molar-refractivity contribution < 1.29 is 14.1 Å². The number of nitrogens with one attached hydrogen (secondary N) is 2. The molecule has 4 aliphatic rings. The van der Waals surface area contributed by atoms with Crippen molar-refractivity contribution >= 4 is 28.9 Å². The number of carbonyl (C=O) groups is 1. The summed E-state index contributed by atoms with van der Waals surface area (Å²) >= 11 is 5.45. The number of amides is 1. The Labute approximate surface area is 179 Å². The predicted molar refractivity (Wildman–Crippen MR) is 115 cm³/mol. The summed E-state index contributed by atoms with van der Waals surface area (Å²) in [4.78, 5) is 23.4. The Morgan fingerprint density at radius 3 is 2.33 bits per heavy atom. The summed E-state index contributed by atoms with van der Waals surface area (Å²) in [7, 11) is 0. The zero-order valence-corrected chi connectivity index (χ0v) is 17.2. The molecule has 0 atom stereocenters. The SMILES string of the molecule is O=C(NC(=S)NC12CC3CC(CC(C3)C1)C2)c1ccc(-c2ccccc2[N+](=O)[O-])o1. The monoisotopic (exact) mass is 425 g/mol. The Bertz CT molecular complexity index is 996. The molecular formula is C22H23N3O4S. The number of thiocarbonyl (C=S) groups is 1. The van der Waals surface area contributed by atoms with Crippen molar-refractivity contribution in [3.63, 3.8) is 0 Å². The number of nitrogens with zero attached hydrogens (tertiary/aromatic N) is 1. The Morgan fingerprint density at radius 1 is 1.07 bits per heavy atom. The Kier molecular flexibility index (Phi) is 4.61. The van der Waals surface area contributed by atoms with E-state index in [4.69, 9.17) is 16.6 Å². The molecule has 8 heteroatoms. The standard InChI is InChI=1S/C22H23N3O4S/c26-20(19-6-5-18(29-19)16-3-1-2-4-17(16)25(27)28)23-21(30)24-22-10-13-7-14(11-22)9-15(8-13)12-22/h1-6,13-15H,7-12H2,(H2,23,24,26,30). The van der Waals surface area contributed by atoms with Gasteiger partial charge >= 0.3 is 0 Å². The number of para-hydroxylation sites is 1. The Hall–Kier alpha value is -2.74. The van der Waals surface area contributed by atoms with E-state index < -0.39 is 10.8 Å². The fourth-order valence-electron chi connectivity index (χ4n) is 6.15. The number of carbonyl (C=O) groups excluding carboxylic acids is 1. The normalized spacial score (nSPS) is 28.9. The molecule has 30 heavy (non-hydrogen) atoms. The summed E-state index contributed by atoms with van der Waals surface area (Å²) in [5, 5.41) is 17.8. The highest BCUT2D eigenvalue weighted by Crippen LogP contribution is 2.55. The fourth-order valence-corrected chi connectivity index (χ4v) is 6.46. The van der Waals surface area contributed by atoms with Gasteiger partial charge in [-0.3, -0.25) is 20.2 Å². The lowest BCUT2D eigenvalue weighted by Gasteiger charge is -2.57. The molecule has 7 nitrogen and oxygen atoms in total. The first-order valence-corrected chi connectivity index (χ1v) is 10.8. The van der Waals surface area contributed by atoms with Gasteiger partial charge in [0.05, 0.1) is 10.5 Å². The van der Waals surface area contributed by atoms with Gasteiger partial charge in [0.25, 0.3) is 11.6 Å². The quantitative estimate of drug-likeness (QED) is 0.427. The molecule has 2 N–H and O–H groups in total. The number of hydrogen-bond donors (Lipinski definition) is 2. The molecule has 0 spiro atoms. The second kappa shape index (κ2) is 7.19. The van der Waals surface area contributed by atoms with E-state index in [9.17, 15) is 14.9 Å². The van der Waals surface area contributed by atoms with Crippen molar-refractivity contribution in [2.24, 2.45) is 17.8 Å². The van der Waals surface area contributed by atoms with Crippen LogP contribution in [-0.4, -0.2) is 21.5 Å². The van der Waals surface area contributed by atoms with Crippen molar-refractivity contribution in [3.05, 3.63) is 52.3 Å². The Morgan fingerprint density at radius 2 is 1.70 bits per heavy atom. The highest BCUT2D eigenvalue weighted by atomic mass is 32.1. The van der Waals surface area contributed by atoms with E-state index in [0.29, 0.717) is 10.7 Å². The van der Waals surface area contributed by atoms with Crippen LogP contribution in [0.25, 0.3) is 11.3 Å². The van der Waals surface area contributed by atoms with E-state index in [1.807, 2.05) is 0 Å². The van der Waals surface area contributed by atoms with Gasteiger partial charge in [-0.15, -0.1) is 0 Å². The number of nitro benzene ring substituents is 1. The maximum Gasteiger partial charge on any atom is 0.293 e. The second-order valence-electron chi connectivity index (χ2n) is 9.04. The number of hydrogen-bond acceptors (Lipinski definition) is 5. The first-order chi connectivity index (χ1) is 14.4. The minimum Gasteiger partial charge on any atom is -0.451 e. The zero-order valence-electron chi connectivity index (χ0n) is 16.4. The maximum absolute atomic E-state index is 12.6. The molecule has 4 saturated carbocycles. The lowest BCUT2D eigenvalue weighted by molar-refractivity contribution is -0.384. The summed E-state index contributed by atoms with van der Waals surface area (Å²) < 4.78 is 5.61. The predicted octanol–water partition coefficient (Wildman–Crippen LogP) is 4.43. The molecule has 156 valence electrons. The molecular weight excluding hydrogens is 402 g/mol. The van der Waals surface area contributed by atoms with E-state index in [1.54, 1.807) is 24.3 Å². The van der Waals surface area contributed by atoms with E-state index in [0.717, 1.165) is 37.0 Å². The third kappa shape index (κ3) is 3.49. The third-order valence-corrected chi connectivity index (χ3v) is 7.04. The molecule has 6 rings (SSSR count). The van der Waals surface area contributed by atoms with Gasteiger partial charge in [-0.1, -0.05) is 12.1 Å². The molecule has 4 bridgehead atoms.